The molecule has 14 heavy (non-hydrogen) atoms. The van der Waals surface area contributed by atoms with Gasteiger partial charge in [0.2, 0.25) is 0 Å². The zero-order valence-corrected chi connectivity index (χ0v) is 9.04. The molecule has 0 spiro atoms. The topological polar surface area (TPSA) is 83.9 Å². The van der Waals surface area contributed by atoms with E-state index < -0.39 is 21.8 Å². The first-order valence-corrected chi connectivity index (χ1v) is 5.57. The molecular formula is C7H13NO5S. The van der Waals surface area contributed by atoms with Crippen LogP contribution < -0.4 is 0 Å². The third kappa shape index (κ3) is 1.75. The lowest BCUT2D eigenvalue weighted by molar-refractivity contribution is -0.228. The van der Waals surface area contributed by atoms with Crippen LogP contribution in [0.2, 0.25) is 0 Å². The van der Waals surface area contributed by atoms with Crippen LogP contribution in [0.4, 0.5) is 0 Å². The number of hydrogen-bond donors (Lipinski definition) is 1. The summed E-state index contributed by atoms with van der Waals surface area (Å²) in [4.78, 5) is 11.3. The maximum absolute atomic E-state index is 11.3. The fraction of sp³-hybridized carbons (Fsp3) is 0.857. The van der Waals surface area contributed by atoms with Crippen LogP contribution in [0.15, 0.2) is 0 Å². The summed E-state index contributed by atoms with van der Waals surface area (Å²) < 4.78 is 33.4. The molecule has 1 amide bonds. The van der Waals surface area contributed by atoms with Gasteiger partial charge in [-0.2, -0.15) is 13.5 Å². The van der Waals surface area contributed by atoms with E-state index in [0.29, 0.717) is 11.5 Å². The second-order valence-corrected chi connectivity index (χ2v) is 4.75. The Morgan fingerprint density at radius 2 is 2.07 bits per heavy atom. The monoisotopic (exact) mass is 223 g/mol. The van der Waals surface area contributed by atoms with Gasteiger partial charge < -0.3 is 0 Å². The number of amides is 1. The molecule has 0 aliphatic carbocycles. The van der Waals surface area contributed by atoms with Gasteiger partial charge in [0.25, 0.3) is 5.91 Å². The lowest BCUT2D eigenvalue weighted by Gasteiger charge is -2.50. The van der Waals surface area contributed by atoms with Crippen LogP contribution in [0.5, 0.6) is 0 Å². The van der Waals surface area contributed by atoms with E-state index in [1.165, 1.54) is 0 Å². The van der Waals surface area contributed by atoms with E-state index in [2.05, 4.69) is 4.28 Å². The number of hydrogen-bond acceptors (Lipinski definition) is 4. The van der Waals surface area contributed by atoms with E-state index in [-0.39, 0.29) is 5.92 Å². The highest BCUT2D eigenvalue weighted by Gasteiger charge is 2.55. The van der Waals surface area contributed by atoms with Gasteiger partial charge in [0.05, 0.1) is 11.5 Å². The van der Waals surface area contributed by atoms with Gasteiger partial charge >= 0.3 is 10.4 Å². The standard InChI is InChI=1S/C7H13NO5S/c1-4-5-6(9)8(7(5,2)3)13-14(10,11)12/h5H,4H2,1-3H3,(H,10,11,12)/t5-/m1/s1. The van der Waals surface area contributed by atoms with E-state index >= 15 is 0 Å². The molecule has 1 saturated heterocycles. The Morgan fingerprint density at radius 3 is 2.36 bits per heavy atom. The van der Waals surface area contributed by atoms with E-state index in [0.717, 1.165) is 0 Å². The molecule has 0 unspecified atom stereocenters. The van der Waals surface area contributed by atoms with Crippen molar-refractivity contribution in [2.45, 2.75) is 32.7 Å². The van der Waals surface area contributed by atoms with Crippen molar-refractivity contribution < 1.29 is 22.0 Å². The van der Waals surface area contributed by atoms with Crippen LogP contribution in [0.25, 0.3) is 0 Å². The second-order valence-electron chi connectivity index (χ2n) is 3.75. The number of carbonyl (C=O) groups excluding carboxylic acids is 1. The molecule has 7 heteroatoms. The average Bonchev–Trinajstić information content (AvgIpc) is 1.99. The minimum Gasteiger partial charge on any atom is -0.272 e. The minimum absolute atomic E-state index is 0.260. The predicted octanol–water partition coefficient (Wildman–Crippen LogP) is 0.368. The van der Waals surface area contributed by atoms with Crippen molar-refractivity contribution in [1.29, 1.82) is 0 Å². The Bertz CT molecular complexity index is 347. The fourth-order valence-corrected chi connectivity index (χ4v) is 2.16. The van der Waals surface area contributed by atoms with Crippen molar-refractivity contribution >= 4 is 16.3 Å². The van der Waals surface area contributed by atoms with Crippen LogP contribution in [0.3, 0.4) is 0 Å². The summed E-state index contributed by atoms with van der Waals surface area (Å²) in [6.07, 6.45) is 0.608. The first-order valence-electron chi connectivity index (χ1n) is 4.21. The largest absolute Gasteiger partial charge is 0.418 e. The molecule has 6 nitrogen and oxygen atoms in total. The molecule has 0 aromatic rings. The molecule has 1 atom stereocenters. The lowest BCUT2D eigenvalue weighted by atomic mass is 9.76. The first-order chi connectivity index (χ1) is 6.20. The maximum atomic E-state index is 11.3. The van der Waals surface area contributed by atoms with E-state index in [9.17, 15) is 13.2 Å². The van der Waals surface area contributed by atoms with E-state index in [4.69, 9.17) is 4.55 Å². The molecule has 0 bridgehead atoms. The maximum Gasteiger partial charge on any atom is 0.418 e. The highest BCUT2D eigenvalue weighted by Crippen LogP contribution is 2.39. The molecule has 0 aromatic heterocycles. The van der Waals surface area contributed by atoms with Crippen molar-refractivity contribution in [2.75, 3.05) is 0 Å². The van der Waals surface area contributed by atoms with Crippen LogP contribution in [-0.4, -0.2) is 29.5 Å². The van der Waals surface area contributed by atoms with Gasteiger partial charge in [-0.05, 0) is 20.3 Å². The molecule has 1 aliphatic heterocycles. The average molecular weight is 223 g/mol. The molecular weight excluding hydrogens is 210 g/mol. The number of carbonyl (C=O) groups is 1. The van der Waals surface area contributed by atoms with Crippen LogP contribution in [0, 0.1) is 5.92 Å². The van der Waals surface area contributed by atoms with E-state index in [1.54, 1.807) is 13.8 Å². The highest BCUT2D eigenvalue weighted by molar-refractivity contribution is 7.80. The summed E-state index contributed by atoms with van der Waals surface area (Å²) in [6.45, 7) is 5.18. The number of nitrogens with zero attached hydrogens (tertiary/aromatic N) is 1. The molecule has 1 aliphatic rings. The molecule has 0 saturated carbocycles. The Kier molecular flexibility index (Phi) is 2.59. The van der Waals surface area contributed by atoms with Crippen molar-refractivity contribution in [2.24, 2.45) is 5.92 Å². The fourth-order valence-electron chi connectivity index (χ4n) is 1.70. The summed E-state index contributed by atoms with van der Waals surface area (Å²) in [7, 11) is -4.61. The number of rotatable bonds is 3. The zero-order valence-electron chi connectivity index (χ0n) is 8.22. The first kappa shape index (κ1) is 11.4. The van der Waals surface area contributed by atoms with E-state index in [1.807, 2.05) is 6.92 Å². The third-order valence-corrected chi connectivity index (χ3v) is 2.79. The van der Waals surface area contributed by atoms with Gasteiger partial charge in [-0.15, -0.1) is 4.28 Å². The Hall–Kier alpha value is -0.660. The number of β-lactam (4-membered cyclic amide) rings is 1. The molecule has 0 radical (unpaired) electrons. The number of hydroxylamine groups is 2. The van der Waals surface area contributed by atoms with Crippen LogP contribution in [-0.2, 0) is 19.5 Å². The van der Waals surface area contributed by atoms with Crippen molar-refractivity contribution in [1.82, 2.24) is 5.06 Å². The Labute approximate surface area is 82.7 Å². The quantitative estimate of drug-likeness (QED) is 0.552. The van der Waals surface area contributed by atoms with Crippen molar-refractivity contribution in [3.8, 4) is 0 Å². The minimum atomic E-state index is -4.61. The van der Waals surface area contributed by atoms with Crippen molar-refractivity contribution in [3.05, 3.63) is 0 Å². The van der Waals surface area contributed by atoms with Crippen LogP contribution in [0.1, 0.15) is 27.2 Å². The van der Waals surface area contributed by atoms with Gasteiger partial charge in [0.15, 0.2) is 0 Å². The van der Waals surface area contributed by atoms with Gasteiger partial charge in [-0.3, -0.25) is 9.35 Å². The van der Waals surface area contributed by atoms with Gasteiger partial charge in [0.1, 0.15) is 0 Å². The molecule has 0 aromatic carbocycles. The van der Waals surface area contributed by atoms with Gasteiger partial charge in [-0.1, -0.05) is 6.92 Å². The summed E-state index contributed by atoms with van der Waals surface area (Å²) in [5, 5.41) is 0.691. The lowest BCUT2D eigenvalue weighted by Crippen LogP contribution is -2.67. The Balaban J connectivity index is 2.80. The zero-order chi connectivity index (χ0) is 11.1. The van der Waals surface area contributed by atoms with Crippen LogP contribution >= 0.6 is 0 Å². The molecule has 1 heterocycles. The Morgan fingerprint density at radius 1 is 1.57 bits per heavy atom. The molecule has 1 rings (SSSR count). The molecule has 1 fully saturated rings. The molecule has 82 valence electrons. The summed E-state index contributed by atoms with van der Waals surface area (Å²) >= 11 is 0. The SMILES string of the molecule is CC[C@@H]1C(=O)N(OS(=O)(=O)O)C1(C)C. The van der Waals surface area contributed by atoms with Crippen molar-refractivity contribution in [3.63, 3.8) is 0 Å². The smallest absolute Gasteiger partial charge is 0.272 e. The van der Waals surface area contributed by atoms with Gasteiger partial charge in [-0.25, -0.2) is 0 Å². The second kappa shape index (κ2) is 3.18. The normalized spacial score (nSPS) is 26.1. The van der Waals surface area contributed by atoms with Gasteiger partial charge in [0, 0.05) is 0 Å². The highest BCUT2D eigenvalue weighted by atomic mass is 32.3. The summed E-state index contributed by atoms with van der Waals surface area (Å²) in [5.74, 6) is -0.681. The third-order valence-electron chi connectivity index (χ3n) is 2.45. The summed E-state index contributed by atoms with van der Waals surface area (Å²) in [6, 6.07) is 0. The predicted molar refractivity (Wildman–Crippen MR) is 47.3 cm³/mol. The summed E-state index contributed by atoms with van der Waals surface area (Å²) in [5.41, 5.74) is -0.693. The molecule has 1 N–H and O–H groups in total.